The summed E-state index contributed by atoms with van der Waals surface area (Å²) < 4.78 is 27.7. The van der Waals surface area contributed by atoms with E-state index in [-0.39, 0.29) is 23.2 Å². The number of thioether (sulfide) groups is 1. The summed E-state index contributed by atoms with van der Waals surface area (Å²) in [5, 5.41) is 5.67. The molecule has 1 amide bonds. The molecule has 1 aliphatic heterocycles. The smallest absolute Gasteiger partial charge is 0.244 e. The molecule has 1 fully saturated rings. The Morgan fingerprint density at radius 3 is 2.56 bits per heavy atom. The number of sulfonamides is 1. The molecule has 9 heteroatoms. The van der Waals surface area contributed by atoms with Gasteiger partial charge < -0.3 is 5.32 Å². The molecule has 0 bridgehead atoms. The molecule has 168 valence electrons. The van der Waals surface area contributed by atoms with Crippen molar-refractivity contribution in [1.29, 1.82) is 0 Å². The third kappa shape index (κ3) is 4.91. The van der Waals surface area contributed by atoms with E-state index >= 15 is 0 Å². The van der Waals surface area contributed by atoms with E-state index in [4.69, 9.17) is 0 Å². The van der Waals surface area contributed by atoms with E-state index in [1.54, 1.807) is 12.1 Å². The van der Waals surface area contributed by atoms with E-state index in [2.05, 4.69) is 24.1 Å². The Morgan fingerprint density at radius 2 is 1.88 bits per heavy atom. The second-order valence-electron chi connectivity index (χ2n) is 7.86. The average Bonchev–Trinajstić information content (AvgIpc) is 3.48. The lowest BCUT2D eigenvalue weighted by Crippen LogP contribution is -2.46. The van der Waals surface area contributed by atoms with Gasteiger partial charge in [-0.1, -0.05) is 56.3 Å². The molecule has 32 heavy (non-hydrogen) atoms. The van der Waals surface area contributed by atoms with Gasteiger partial charge in [0.25, 0.3) is 0 Å². The third-order valence-electron chi connectivity index (χ3n) is 5.31. The van der Waals surface area contributed by atoms with Gasteiger partial charge in [0.05, 0.1) is 23.0 Å². The number of rotatable bonds is 7. The summed E-state index contributed by atoms with van der Waals surface area (Å²) in [6.45, 7) is 4.39. The van der Waals surface area contributed by atoms with Crippen molar-refractivity contribution in [3.63, 3.8) is 0 Å². The Bertz CT molecular complexity index is 1180. The van der Waals surface area contributed by atoms with Crippen LogP contribution in [0.4, 0.5) is 0 Å². The van der Waals surface area contributed by atoms with Crippen molar-refractivity contribution in [1.82, 2.24) is 14.6 Å². The van der Waals surface area contributed by atoms with Gasteiger partial charge in [0, 0.05) is 16.7 Å². The molecule has 3 aromatic rings. The first-order valence-electron chi connectivity index (χ1n) is 10.3. The molecule has 0 saturated carbocycles. The second-order valence-corrected chi connectivity index (χ2v) is 11.6. The van der Waals surface area contributed by atoms with Crippen LogP contribution in [0.1, 0.15) is 31.0 Å². The Kier molecular flexibility index (Phi) is 6.99. The lowest BCUT2D eigenvalue weighted by molar-refractivity contribution is -0.124. The molecular weight excluding hydrogens is 462 g/mol. The van der Waals surface area contributed by atoms with Gasteiger partial charge in [0.2, 0.25) is 15.9 Å². The quantitative estimate of drug-likeness (QED) is 0.537. The lowest BCUT2D eigenvalue weighted by Gasteiger charge is -2.22. The van der Waals surface area contributed by atoms with Crippen LogP contribution in [0.2, 0.25) is 0 Å². The maximum atomic E-state index is 13.2. The summed E-state index contributed by atoms with van der Waals surface area (Å²) in [6.07, 6.45) is 0. The van der Waals surface area contributed by atoms with E-state index < -0.39 is 16.1 Å². The summed E-state index contributed by atoms with van der Waals surface area (Å²) in [7, 11) is -3.75. The summed E-state index contributed by atoms with van der Waals surface area (Å²) in [6, 6.07) is 16.1. The van der Waals surface area contributed by atoms with Gasteiger partial charge in [-0.2, -0.15) is 4.31 Å². The number of benzene rings is 2. The predicted molar refractivity (Wildman–Crippen MR) is 130 cm³/mol. The van der Waals surface area contributed by atoms with Crippen LogP contribution in [0, 0.1) is 0 Å². The van der Waals surface area contributed by atoms with Crippen LogP contribution < -0.4 is 5.32 Å². The summed E-state index contributed by atoms with van der Waals surface area (Å²) in [5.74, 6) is 0.718. The van der Waals surface area contributed by atoms with Gasteiger partial charge in [-0.05, 0) is 23.6 Å². The summed E-state index contributed by atoms with van der Waals surface area (Å²) in [5.41, 5.74) is 2.86. The molecule has 1 atom stereocenters. The minimum atomic E-state index is -3.75. The Balaban J connectivity index is 1.43. The highest BCUT2D eigenvalue weighted by Crippen LogP contribution is 2.29. The topological polar surface area (TPSA) is 79.4 Å². The zero-order valence-electron chi connectivity index (χ0n) is 17.9. The molecule has 2 heterocycles. The summed E-state index contributed by atoms with van der Waals surface area (Å²) >= 11 is 2.96. The van der Waals surface area contributed by atoms with E-state index in [1.807, 2.05) is 47.8 Å². The molecule has 0 spiro atoms. The number of aromatic nitrogens is 1. The lowest BCUT2D eigenvalue weighted by atomic mass is 10.0. The second kappa shape index (κ2) is 9.74. The molecule has 1 aliphatic rings. The van der Waals surface area contributed by atoms with Crippen molar-refractivity contribution in [3.05, 3.63) is 71.2 Å². The minimum Gasteiger partial charge on any atom is -0.349 e. The SMILES string of the molecule is CC(C)c1ccc(S(=O)(=O)N2CSCC2C(=O)NCc2csc(-c3ccccc3)n2)cc1. The van der Waals surface area contributed by atoms with Crippen LogP contribution in [-0.2, 0) is 21.4 Å². The first-order chi connectivity index (χ1) is 15.4. The number of hydrogen-bond acceptors (Lipinski definition) is 6. The monoisotopic (exact) mass is 487 g/mol. The molecule has 1 unspecified atom stereocenters. The van der Waals surface area contributed by atoms with Gasteiger partial charge >= 0.3 is 0 Å². The van der Waals surface area contributed by atoms with E-state index in [0.717, 1.165) is 21.8 Å². The highest BCUT2D eigenvalue weighted by molar-refractivity contribution is 8.00. The molecule has 4 rings (SSSR count). The molecule has 1 N–H and O–H groups in total. The molecule has 1 saturated heterocycles. The Morgan fingerprint density at radius 1 is 1.16 bits per heavy atom. The first kappa shape index (κ1) is 23.0. The van der Waals surface area contributed by atoms with E-state index in [0.29, 0.717) is 11.7 Å². The van der Waals surface area contributed by atoms with Crippen molar-refractivity contribution < 1.29 is 13.2 Å². The standard InChI is InChI=1S/C23H25N3O3S3/c1-16(2)17-8-10-20(11-9-17)32(28,29)26-15-30-14-21(26)22(27)24-12-19-13-31-23(25-19)18-6-4-3-5-7-18/h3-11,13,16,21H,12,14-15H2,1-2H3,(H,24,27). The highest BCUT2D eigenvalue weighted by Gasteiger charge is 2.40. The fraction of sp³-hybridized carbons (Fsp3) is 0.304. The molecule has 2 aromatic carbocycles. The van der Waals surface area contributed by atoms with Crippen molar-refractivity contribution in [2.75, 3.05) is 11.6 Å². The maximum absolute atomic E-state index is 13.2. The van der Waals surface area contributed by atoms with E-state index in [9.17, 15) is 13.2 Å². The van der Waals surface area contributed by atoms with Crippen LogP contribution in [0.15, 0.2) is 64.9 Å². The zero-order chi connectivity index (χ0) is 22.7. The van der Waals surface area contributed by atoms with Gasteiger partial charge in [-0.25, -0.2) is 13.4 Å². The van der Waals surface area contributed by atoms with Crippen LogP contribution >= 0.6 is 23.1 Å². The van der Waals surface area contributed by atoms with Gasteiger partial charge in [0.15, 0.2) is 0 Å². The number of carbonyl (C=O) groups is 1. The Hall–Kier alpha value is -2.20. The first-order valence-corrected chi connectivity index (χ1v) is 13.8. The van der Waals surface area contributed by atoms with Crippen molar-refractivity contribution >= 4 is 39.0 Å². The normalized spacial score (nSPS) is 17.0. The highest BCUT2D eigenvalue weighted by atomic mass is 32.2. The van der Waals surface area contributed by atoms with Crippen LogP contribution in [0.25, 0.3) is 10.6 Å². The van der Waals surface area contributed by atoms with Crippen molar-refractivity contribution in [2.45, 2.75) is 37.2 Å². The maximum Gasteiger partial charge on any atom is 0.244 e. The molecule has 0 radical (unpaired) electrons. The average molecular weight is 488 g/mol. The number of nitrogens with one attached hydrogen (secondary N) is 1. The zero-order valence-corrected chi connectivity index (χ0v) is 20.3. The fourth-order valence-electron chi connectivity index (χ4n) is 3.43. The number of thiazole rings is 1. The van der Waals surface area contributed by atoms with Crippen molar-refractivity contribution in [3.8, 4) is 10.6 Å². The van der Waals surface area contributed by atoms with E-state index in [1.165, 1.54) is 27.4 Å². The molecule has 0 aliphatic carbocycles. The van der Waals surface area contributed by atoms with Crippen LogP contribution in [0.3, 0.4) is 0 Å². The fourth-order valence-corrected chi connectivity index (χ4v) is 7.40. The van der Waals surface area contributed by atoms with Gasteiger partial charge in [0.1, 0.15) is 11.0 Å². The van der Waals surface area contributed by atoms with Crippen molar-refractivity contribution in [2.24, 2.45) is 0 Å². The molecule has 6 nitrogen and oxygen atoms in total. The van der Waals surface area contributed by atoms with Gasteiger partial charge in [-0.15, -0.1) is 23.1 Å². The third-order valence-corrected chi connectivity index (χ3v) is 9.30. The largest absolute Gasteiger partial charge is 0.349 e. The Labute approximate surface area is 197 Å². The molecule has 1 aromatic heterocycles. The summed E-state index contributed by atoms with van der Waals surface area (Å²) in [4.78, 5) is 17.7. The number of amides is 1. The number of carbonyl (C=O) groups excluding carboxylic acids is 1. The molecular formula is C23H25N3O3S3. The van der Waals surface area contributed by atoms with Gasteiger partial charge in [-0.3, -0.25) is 4.79 Å². The van der Waals surface area contributed by atoms with Crippen LogP contribution in [0.5, 0.6) is 0 Å². The predicted octanol–water partition coefficient (Wildman–Crippen LogP) is 4.31. The van der Waals surface area contributed by atoms with Crippen LogP contribution in [-0.4, -0.2) is 41.3 Å². The number of nitrogens with zero attached hydrogens (tertiary/aromatic N) is 2. The number of hydrogen-bond donors (Lipinski definition) is 1. The minimum absolute atomic E-state index is 0.217.